The van der Waals surface area contributed by atoms with Gasteiger partial charge >= 0.3 is 6.01 Å². The second-order valence-electron chi connectivity index (χ2n) is 2.89. The van der Waals surface area contributed by atoms with Crippen molar-refractivity contribution in [1.82, 2.24) is 10.2 Å². The summed E-state index contributed by atoms with van der Waals surface area (Å²) < 4.78 is 10.4. The Labute approximate surface area is 70.9 Å². The van der Waals surface area contributed by atoms with Crippen molar-refractivity contribution >= 4 is 6.01 Å². The number of nitrogen functional groups attached to an aromatic ring is 1. The number of nitrogens with two attached hydrogens (primary N) is 1. The number of aromatic nitrogens is 2. The predicted octanol–water partition coefficient (Wildman–Crippen LogP) is 0.923. The highest BCUT2D eigenvalue weighted by Crippen LogP contribution is 2.23. The first-order valence-electron chi connectivity index (χ1n) is 3.79. The molecule has 1 aromatic rings. The summed E-state index contributed by atoms with van der Waals surface area (Å²) in [5.41, 5.74) is 4.72. The Bertz CT molecular complexity index is 257. The van der Waals surface area contributed by atoms with Gasteiger partial charge in [0.2, 0.25) is 5.89 Å². The third-order valence-corrected chi connectivity index (χ3v) is 1.46. The molecule has 1 heterocycles. The second-order valence-corrected chi connectivity index (χ2v) is 2.89. The molecule has 2 N–H and O–H groups in total. The van der Waals surface area contributed by atoms with Crippen molar-refractivity contribution in [2.45, 2.75) is 26.4 Å². The minimum Gasteiger partial charge on any atom is -0.405 e. The van der Waals surface area contributed by atoms with E-state index in [1.54, 1.807) is 0 Å². The molecule has 0 saturated carbocycles. The summed E-state index contributed by atoms with van der Waals surface area (Å²) in [4.78, 5) is 0. The fourth-order valence-corrected chi connectivity index (χ4v) is 0.900. The smallest absolute Gasteiger partial charge is 0.312 e. The van der Waals surface area contributed by atoms with Gasteiger partial charge in [-0.15, -0.1) is 5.10 Å². The number of hydrogen-bond acceptors (Lipinski definition) is 5. The fraction of sp³-hybridized carbons (Fsp3) is 0.714. The summed E-state index contributed by atoms with van der Waals surface area (Å²) in [6.07, 6.45) is 0. The number of rotatable bonds is 3. The standard InChI is InChI=1S/C7H13N3O2/c1-4-11-7(2,3)5-9-10-6(8)12-5/h4H2,1-3H3,(H2,8,10). The van der Waals surface area contributed by atoms with Crippen LogP contribution in [0.25, 0.3) is 0 Å². The number of ether oxygens (including phenoxy) is 1. The molecule has 0 bridgehead atoms. The molecule has 0 aliphatic carbocycles. The average molecular weight is 171 g/mol. The van der Waals surface area contributed by atoms with Gasteiger partial charge in [0.15, 0.2) is 0 Å². The van der Waals surface area contributed by atoms with Crippen molar-refractivity contribution in [3.63, 3.8) is 0 Å². The van der Waals surface area contributed by atoms with E-state index in [0.29, 0.717) is 12.5 Å². The lowest BCUT2D eigenvalue weighted by Crippen LogP contribution is -2.21. The van der Waals surface area contributed by atoms with E-state index >= 15 is 0 Å². The van der Waals surface area contributed by atoms with Crippen LogP contribution < -0.4 is 5.73 Å². The average Bonchev–Trinajstić information content (AvgIpc) is 2.36. The Morgan fingerprint density at radius 3 is 2.58 bits per heavy atom. The molecule has 0 radical (unpaired) electrons. The molecule has 0 fully saturated rings. The van der Waals surface area contributed by atoms with E-state index < -0.39 is 5.60 Å². The minimum absolute atomic E-state index is 0.0674. The number of anilines is 1. The molecule has 0 aliphatic rings. The highest BCUT2D eigenvalue weighted by Gasteiger charge is 2.27. The molecule has 12 heavy (non-hydrogen) atoms. The van der Waals surface area contributed by atoms with Crippen molar-refractivity contribution in [2.24, 2.45) is 0 Å². The molecule has 0 saturated heterocycles. The number of nitrogens with zero attached hydrogens (tertiary/aromatic N) is 2. The minimum atomic E-state index is -0.556. The van der Waals surface area contributed by atoms with Crippen LogP contribution >= 0.6 is 0 Å². The largest absolute Gasteiger partial charge is 0.405 e. The van der Waals surface area contributed by atoms with Crippen molar-refractivity contribution in [1.29, 1.82) is 0 Å². The lowest BCUT2D eigenvalue weighted by molar-refractivity contribution is -0.0333. The van der Waals surface area contributed by atoms with Crippen molar-refractivity contribution in [2.75, 3.05) is 12.3 Å². The van der Waals surface area contributed by atoms with Gasteiger partial charge in [-0.1, -0.05) is 5.10 Å². The van der Waals surface area contributed by atoms with Crippen LogP contribution in [0.2, 0.25) is 0 Å². The Morgan fingerprint density at radius 2 is 2.17 bits per heavy atom. The van der Waals surface area contributed by atoms with Gasteiger partial charge in [0, 0.05) is 6.61 Å². The lowest BCUT2D eigenvalue weighted by Gasteiger charge is -2.19. The molecule has 0 unspecified atom stereocenters. The van der Waals surface area contributed by atoms with Gasteiger partial charge in [0.25, 0.3) is 0 Å². The van der Waals surface area contributed by atoms with Crippen LogP contribution in [0.4, 0.5) is 6.01 Å². The first kappa shape index (κ1) is 8.99. The van der Waals surface area contributed by atoms with Crippen LogP contribution in [-0.2, 0) is 10.3 Å². The monoisotopic (exact) mass is 171 g/mol. The summed E-state index contributed by atoms with van der Waals surface area (Å²) in [6.45, 7) is 6.20. The lowest BCUT2D eigenvalue weighted by atomic mass is 10.1. The van der Waals surface area contributed by atoms with Crippen LogP contribution in [0.5, 0.6) is 0 Å². The van der Waals surface area contributed by atoms with E-state index in [1.165, 1.54) is 0 Å². The predicted molar refractivity (Wildman–Crippen MR) is 43.4 cm³/mol. The van der Waals surface area contributed by atoms with Crippen molar-refractivity contribution in [3.8, 4) is 0 Å². The Balaban J connectivity index is 2.81. The van der Waals surface area contributed by atoms with Gasteiger partial charge in [-0.3, -0.25) is 0 Å². The van der Waals surface area contributed by atoms with E-state index in [9.17, 15) is 0 Å². The highest BCUT2D eigenvalue weighted by molar-refractivity contribution is 5.07. The van der Waals surface area contributed by atoms with Crippen molar-refractivity contribution in [3.05, 3.63) is 5.89 Å². The molecule has 0 amide bonds. The zero-order valence-electron chi connectivity index (χ0n) is 7.50. The van der Waals surface area contributed by atoms with Crippen molar-refractivity contribution < 1.29 is 9.15 Å². The van der Waals surface area contributed by atoms with Crippen LogP contribution in [-0.4, -0.2) is 16.8 Å². The van der Waals surface area contributed by atoms with Crippen LogP contribution in [0.1, 0.15) is 26.7 Å². The van der Waals surface area contributed by atoms with Gasteiger partial charge in [-0.25, -0.2) is 0 Å². The highest BCUT2D eigenvalue weighted by atomic mass is 16.5. The maximum Gasteiger partial charge on any atom is 0.312 e. The summed E-state index contributed by atoms with van der Waals surface area (Å²) in [6, 6.07) is 0.0674. The Hall–Kier alpha value is -1.10. The van der Waals surface area contributed by atoms with Crippen LogP contribution in [0.3, 0.4) is 0 Å². The fourth-order valence-electron chi connectivity index (χ4n) is 0.900. The zero-order valence-corrected chi connectivity index (χ0v) is 7.50. The van der Waals surface area contributed by atoms with Gasteiger partial charge in [0.1, 0.15) is 5.60 Å². The first-order chi connectivity index (χ1) is 5.56. The molecule has 0 atom stereocenters. The van der Waals surface area contributed by atoms with E-state index in [0.717, 1.165) is 0 Å². The normalized spacial score (nSPS) is 11.9. The van der Waals surface area contributed by atoms with Gasteiger partial charge in [-0.05, 0) is 20.8 Å². The maximum absolute atomic E-state index is 5.38. The van der Waals surface area contributed by atoms with Crippen LogP contribution in [0.15, 0.2) is 4.42 Å². The summed E-state index contributed by atoms with van der Waals surface area (Å²) in [5.74, 6) is 0.404. The summed E-state index contributed by atoms with van der Waals surface area (Å²) >= 11 is 0. The van der Waals surface area contributed by atoms with E-state index in [-0.39, 0.29) is 6.01 Å². The molecule has 68 valence electrons. The third-order valence-electron chi connectivity index (χ3n) is 1.46. The Morgan fingerprint density at radius 1 is 1.50 bits per heavy atom. The second kappa shape index (κ2) is 3.10. The van der Waals surface area contributed by atoms with Gasteiger partial charge in [0.05, 0.1) is 0 Å². The summed E-state index contributed by atoms with van der Waals surface area (Å²) in [7, 11) is 0. The zero-order chi connectivity index (χ0) is 9.19. The molecule has 0 aromatic carbocycles. The van der Waals surface area contributed by atoms with E-state index in [4.69, 9.17) is 14.9 Å². The first-order valence-corrected chi connectivity index (χ1v) is 3.79. The number of hydrogen-bond donors (Lipinski definition) is 1. The molecule has 0 aliphatic heterocycles. The summed E-state index contributed by atoms with van der Waals surface area (Å²) in [5, 5.41) is 7.29. The molecule has 1 rings (SSSR count). The topological polar surface area (TPSA) is 74.2 Å². The van der Waals surface area contributed by atoms with Gasteiger partial charge < -0.3 is 14.9 Å². The Kier molecular flexibility index (Phi) is 2.32. The maximum atomic E-state index is 5.38. The van der Waals surface area contributed by atoms with E-state index in [1.807, 2.05) is 20.8 Å². The van der Waals surface area contributed by atoms with Crippen LogP contribution in [0, 0.1) is 0 Å². The van der Waals surface area contributed by atoms with Gasteiger partial charge in [-0.2, -0.15) is 0 Å². The molecular weight excluding hydrogens is 158 g/mol. The molecule has 1 aromatic heterocycles. The third kappa shape index (κ3) is 1.73. The SMILES string of the molecule is CCOC(C)(C)c1nnc(N)o1. The molecule has 0 spiro atoms. The quantitative estimate of drug-likeness (QED) is 0.732. The molecule has 5 nitrogen and oxygen atoms in total. The molecular formula is C7H13N3O2. The van der Waals surface area contributed by atoms with E-state index in [2.05, 4.69) is 10.2 Å². The molecule has 5 heteroatoms.